The topological polar surface area (TPSA) is 76.4 Å². The van der Waals surface area contributed by atoms with Crippen molar-refractivity contribution < 1.29 is 9.60 Å². The van der Waals surface area contributed by atoms with E-state index in [0.717, 1.165) is 5.56 Å². The largest absolute Gasteiger partial charge is 0.409 e. The fourth-order valence-corrected chi connectivity index (χ4v) is 1.68. The quantitative estimate of drug-likeness (QED) is 0.374. The maximum Gasteiger partial charge on any atom is 0.173 e. The highest BCUT2D eigenvalue weighted by molar-refractivity contribution is 5.97. The molecule has 2 rings (SSSR count). The summed E-state index contributed by atoms with van der Waals surface area (Å²) < 4.78 is 15.7. The number of aryl methyl sites for hydroxylation is 1. The SMILES string of the molecule is Cc1cnn(Cc2cccc(/C(N)=N/O)c2F)c1. The fourth-order valence-electron chi connectivity index (χ4n) is 1.68. The Kier molecular flexibility index (Phi) is 3.27. The standard InChI is InChI=1S/C12H13FN4O/c1-8-5-15-17(6-8)7-9-3-2-4-10(11(9)13)12(14)16-18/h2-6,18H,7H2,1H3,(H2,14,16). The summed E-state index contributed by atoms with van der Waals surface area (Å²) in [6.07, 6.45) is 3.51. The predicted molar refractivity (Wildman–Crippen MR) is 65.0 cm³/mol. The van der Waals surface area contributed by atoms with Gasteiger partial charge in [-0.1, -0.05) is 17.3 Å². The van der Waals surface area contributed by atoms with E-state index in [4.69, 9.17) is 10.9 Å². The van der Waals surface area contributed by atoms with Gasteiger partial charge in [-0.05, 0) is 18.6 Å². The Bertz CT molecular complexity index is 592. The van der Waals surface area contributed by atoms with E-state index in [-0.39, 0.29) is 11.4 Å². The van der Waals surface area contributed by atoms with Gasteiger partial charge in [0.1, 0.15) is 5.82 Å². The van der Waals surface area contributed by atoms with Crippen molar-refractivity contribution in [2.75, 3.05) is 0 Å². The lowest BCUT2D eigenvalue weighted by atomic mass is 10.1. The van der Waals surface area contributed by atoms with E-state index >= 15 is 0 Å². The molecule has 1 heterocycles. The first kappa shape index (κ1) is 12.1. The van der Waals surface area contributed by atoms with Gasteiger partial charge in [-0.15, -0.1) is 0 Å². The van der Waals surface area contributed by atoms with Crippen LogP contribution in [0.3, 0.4) is 0 Å². The van der Waals surface area contributed by atoms with E-state index in [1.54, 1.807) is 23.0 Å². The number of aromatic nitrogens is 2. The Morgan fingerprint density at radius 3 is 2.94 bits per heavy atom. The minimum absolute atomic E-state index is 0.0823. The van der Waals surface area contributed by atoms with Gasteiger partial charge in [0.25, 0.3) is 0 Å². The lowest BCUT2D eigenvalue weighted by molar-refractivity contribution is 0.318. The van der Waals surface area contributed by atoms with Crippen LogP contribution in [0, 0.1) is 12.7 Å². The Balaban J connectivity index is 2.34. The number of halogens is 1. The maximum atomic E-state index is 14.1. The summed E-state index contributed by atoms with van der Waals surface area (Å²) in [7, 11) is 0. The third kappa shape index (κ3) is 2.32. The van der Waals surface area contributed by atoms with Gasteiger partial charge in [0, 0.05) is 11.8 Å². The first-order valence-electron chi connectivity index (χ1n) is 5.36. The fraction of sp³-hybridized carbons (Fsp3) is 0.167. The van der Waals surface area contributed by atoms with Crippen LogP contribution in [-0.4, -0.2) is 20.8 Å². The molecular weight excluding hydrogens is 235 g/mol. The zero-order valence-electron chi connectivity index (χ0n) is 9.84. The summed E-state index contributed by atoms with van der Waals surface area (Å²) in [5, 5.41) is 15.5. The lowest BCUT2D eigenvalue weighted by Gasteiger charge is -2.07. The van der Waals surface area contributed by atoms with Gasteiger partial charge in [0.15, 0.2) is 5.84 Å². The molecule has 0 aliphatic carbocycles. The second kappa shape index (κ2) is 4.87. The molecule has 0 radical (unpaired) electrons. The molecule has 0 saturated heterocycles. The second-order valence-electron chi connectivity index (χ2n) is 3.98. The van der Waals surface area contributed by atoms with Crippen molar-refractivity contribution in [1.29, 1.82) is 0 Å². The first-order valence-corrected chi connectivity index (χ1v) is 5.36. The van der Waals surface area contributed by atoms with Crippen LogP contribution in [0.25, 0.3) is 0 Å². The van der Waals surface area contributed by atoms with Gasteiger partial charge in [-0.3, -0.25) is 4.68 Å². The summed E-state index contributed by atoms with van der Waals surface area (Å²) in [5.41, 5.74) is 6.92. The van der Waals surface area contributed by atoms with Crippen molar-refractivity contribution in [2.45, 2.75) is 13.5 Å². The van der Waals surface area contributed by atoms with Gasteiger partial charge in [-0.2, -0.15) is 5.10 Å². The van der Waals surface area contributed by atoms with Crippen LogP contribution in [0.15, 0.2) is 35.7 Å². The zero-order valence-corrected chi connectivity index (χ0v) is 9.84. The van der Waals surface area contributed by atoms with E-state index in [1.165, 1.54) is 6.07 Å². The molecule has 0 unspecified atom stereocenters. The normalized spacial score (nSPS) is 11.8. The first-order chi connectivity index (χ1) is 8.61. The van der Waals surface area contributed by atoms with E-state index in [1.807, 2.05) is 13.1 Å². The molecule has 6 heteroatoms. The molecule has 18 heavy (non-hydrogen) atoms. The van der Waals surface area contributed by atoms with Gasteiger partial charge in [-0.25, -0.2) is 4.39 Å². The molecule has 0 aliphatic rings. The van der Waals surface area contributed by atoms with E-state index in [9.17, 15) is 4.39 Å². The van der Waals surface area contributed by atoms with Crippen molar-refractivity contribution in [1.82, 2.24) is 9.78 Å². The molecule has 0 amide bonds. The minimum Gasteiger partial charge on any atom is -0.409 e. The molecule has 94 valence electrons. The van der Waals surface area contributed by atoms with Crippen molar-refractivity contribution in [3.05, 3.63) is 53.1 Å². The Morgan fingerprint density at radius 2 is 2.33 bits per heavy atom. The van der Waals surface area contributed by atoms with Gasteiger partial charge in [0.2, 0.25) is 0 Å². The summed E-state index contributed by atoms with van der Waals surface area (Å²) in [5.74, 6) is -0.744. The third-order valence-corrected chi connectivity index (χ3v) is 2.56. The smallest absolute Gasteiger partial charge is 0.173 e. The number of hydrogen-bond acceptors (Lipinski definition) is 3. The average Bonchev–Trinajstić information content (AvgIpc) is 2.76. The number of hydrogen-bond donors (Lipinski definition) is 2. The molecule has 3 N–H and O–H groups in total. The van der Waals surface area contributed by atoms with Gasteiger partial charge >= 0.3 is 0 Å². The van der Waals surface area contributed by atoms with Crippen LogP contribution in [0.1, 0.15) is 16.7 Å². The highest BCUT2D eigenvalue weighted by atomic mass is 19.1. The van der Waals surface area contributed by atoms with Crippen LogP contribution in [0.4, 0.5) is 4.39 Å². The molecule has 0 bridgehead atoms. The average molecular weight is 248 g/mol. The zero-order chi connectivity index (χ0) is 13.1. The molecule has 0 fully saturated rings. The van der Waals surface area contributed by atoms with Crippen LogP contribution in [0.5, 0.6) is 0 Å². The highest BCUT2D eigenvalue weighted by Gasteiger charge is 2.11. The van der Waals surface area contributed by atoms with Crippen LogP contribution >= 0.6 is 0 Å². The Labute approximate surface area is 103 Å². The van der Waals surface area contributed by atoms with E-state index < -0.39 is 5.82 Å². The highest BCUT2D eigenvalue weighted by Crippen LogP contribution is 2.14. The molecule has 0 saturated carbocycles. The summed E-state index contributed by atoms with van der Waals surface area (Å²) >= 11 is 0. The lowest BCUT2D eigenvalue weighted by Crippen LogP contribution is -2.16. The van der Waals surface area contributed by atoms with Crippen LogP contribution in [-0.2, 0) is 6.54 Å². The minimum atomic E-state index is -0.499. The van der Waals surface area contributed by atoms with Crippen molar-refractivity contribution >= 4 is 5.84 Å². The third-order valence-electron chi connectivity index (χ3n) is 2.56. The van der Waals surface area contributed by atoms with Crippen molar-refractivity contribution in [2.24, 2.45) is 10.9 Å². The molecule has 0 atom stereocenters. The van der Waals surface area contributed by atoms with Gasteiger partial charge in [0.05, 0.1) is 18.3 Å². The molecule has 0 aliphatic heterocycles. The van der Waals surface area contributed by atoms with Crippen molar-refractivity contribution in [3.63, 3.8) is 0 Å². The number of nitrogens with two attached hydrogens (primary N) is 1. The van der Waals surface area contributed by atoms with E-state index in [2.05, 4.69) is 10.3 Å². The molecular formula is C12H13FN4O. The van der Waals surface area contributed by atoms with Gasteiger partial charge < -0.3 is 10.9 Å². The molecule has 0 spiro atoms. The number of benzene rings is 1. The van der Waals surface area contributed by atoms with Crippen molar-refractivity contribution in [3.8, 4) is 0 Å². The Hall–Kier alpha value is -2.37. The molecule has 5 nitrogen and oxygen atoms in total. The number of rotatable bonds is 3. The van der Waals surface area contributed by atoms with E-state index in [0.29, 0.717) is 12.1 Å². The summed E-state index contributed by atoms with van der Waals surface area (Å²) in [6, 6.07) is 4.75. The Morgan fingerprint density at radius 1 is 1.56 bits per heavy atom. The molecule has 1 aromatic heterocycles. The number of nitrogens with zero attached hydrogens (tertiary/aromatic N) is 3. The van der Waals surface area contributed by atoms with Crippen LogP contribution in [0.2, 0.25) is 0 Å². The second-order valence-corrected chi connectivity index (χ2v) is 3.98. The maximum absolute atomic E-state index is 14.1. The molecule has 2 aromatic rings. The molecule has 1 aromatic carbocycles. The van der Waals surface area contributed by atoms with Crippen LogP contribution < -0.4 is 5.73 Å². The predicted octanol–water partition coefficient (Wildman–Crippen LogP) is 1.47. The summed E-state index contributed by atoms with van der Waals surface area (Å²) in [6.45, 7) is 2.21. The number of amidine groups is 1. The summed E-state index contributed by atoms with van der Waals surface area (Å²) in [4.78, 5) is 0. The number of oxime groups is 1. The monoisotopic (exact) mass is 248 g/mol.